The third-order valence-electron chi connectivity index (χ3n) is 0.667. The van der Waals surface area contributed by atoms with Crippen molar-refractivity contribution in [1.29, 1.82) is 0 Å². The van der Waals surface area contributed by atoms with Crippen LogP contribution in [0.3, 0.4) is 0 Å². The number of hydrogen-bond donors (Lipinski definition) is 0. The summed E-state index contributed by atoms with van der Waals surface area (Å²) >= 11 is 0. The summed E-state index contributed by atoms with van der Waals surface area (Å²) in [6.07, 6.45) is 2.89. The number of carbonyl (C=O) groups is 4. The van der Waals surface area contributed by atoms with Crippen LogP contribution in [0.1, 0.15) is 0 Å². The van der Waals surface area contributed by atoms with Crippen LogP contribution in [0, 0.1) is 0 Å². The van der Waals surface area contributed by atoms with Gasteiger partial charge in [0.25, 0.3) is 0 Å². The fourth-order valence-corrected chi connectivity index (χ4v) is 0. The number of carbonyl (C=O) groups excluding carboxylic acids is 4. The van der Waals surface area contributed by atoms with E-state index in [4.69, 9.17) is 39.6 Å². The molecule has 0 atom stereocenters. The van der Waals surface area contributed by atoms with Gasteiger partial charge >= 0.3 is 39.0 Å². The molecule has 10 heteroatoms. The summed E-state index contributed by atoms with van der Waals surface area (Å²) < 4.78 is 0. The van der Waals surface area contributed by atoms with Gasteiger partial charge in [-0.2, -0.15) is 0 Å². The molecular formula is C12H12O8Zn2. The molecular weight excluding hydrogens is 403 g/mol. The molecule has 112 valence electrons. The Morgan fingerprint density at radius 3 is 0.545 bits per heavy atom. The first-order chi connectivity index (χ1) is 9.08. The first-order valence-corrected chi connectivity index (χ1v) is 4.42. The van der Waals surface area contributed by atoms with Gasteiger partial charge in [0.15, 0.2) is 0 Å². The molecule has 0 spiro atoms. The fourth-order valence-electron chi connectivity index (χ4n) is 0. The van der Waals surface area contributed by atoms with Crippen molar-refractivity contribution in [2.45, 2.75) is 0 Å². The zero-order chi connectivity index (χ0) is 17.1. The first-order valence-electron chi connectivity index (χ1n) is 4.42. The van der Waals surface area contributed by atoms with Crippen molar-refractivity contribution in [2.75, 3.05) is 0 Å². The number of carboxylic acids is 4. The molecule has 0 aromatic carbocycles. The molecule has 0 aliphatic rings. The van der Waals surface area contributed by atoms with Gasteiger partial charge in [0, 0.05) is 0 Å². The molecule has 0 aliphatic heterocycles. The van der Waals surface area contributed by atoms with E-state index in [-0.39, 0.29) is 39.0 Å². The second-order valence-corrected chi connectivity index (χ2v) is 2.09. The first kappa shape index (κ1) is 36.9. The Kier molecular flexibility index (Phi) is 52.7. The van der Waals surface area contributed by atoms with Crippen molar-refractivity contribution in [3.63, 3.8) is 0 Å². The minimum atomic E-state index is -1.23. The van der Waals surface area contributed by atoms with Crippen molar-refractivity contribution in [1.82, 2.24) is 0 Å². The Morgan fingerprint density at radius 1 is 0.500 bits per heavy atom. The smallest absolute Gasteiger partial charge is 0.545 e. The summed E-state index contributed by atoms with van der Waals surface area (Å²) in [5.74, 6) is -4.93. The molecule has 0 N–H and O–H groups in total. The minimum Gasteiger partial charge on any atom is -0.545 e. The van der Waals surface area contributed by atoms with Crippen LogP contribution in [0.2, 0.25) is 0 Å². The molecule has 0 aromatic rings. The van der Waals surface area contributed by atoms with Gasteiger partial charge < -0.3 is 39.6 Å². The monoisotopic (exact) mass is 412 g/mol. The summed E-state index contributed by atoms with van der Waals surface area (Å²) in [6.45, 7) is 11.6. The van der Waals surface area contributed by atoms with Crippen molar-refractivity contribution in [3.8, 4) is 0 Å². The van der Waals surface area contributed by atoms with E-state index in [1.54, 1.807) is 0 Å². The van der Waals surface area contributed by atoms with Gasteiger partial charge in [-0.1, -0.05) is 26.3 Å². The molecule has 0 aromatic heterocycles. The SMILES string of the molecule is C=CC(=O)[O-].C=CC(=O)[O-].C=CC(=O)[O-].C=CC(=O)[O-].[Zn+2].[Zn+2]. The van der Waals surface area contributed by atoms with E-state index in [9.17, 15) is 0 Å². The second-order valence-electron chi connectivity index (χ2n) is 2.09. The molecule has 0 saturated heterocycles. The molecule has 0 fully saturated rings. The third-order valence-corrected chi connectivity index (χ3v) is 0.667. The quantitative estimate of drug-likeness (QED) is 0.329. The van der Waals surface area contributed by atoms with Crippen molar-refractivity contribution >= 4 is 23.9 Å². The molecule has 0 radical (unpaired) electrons. The largest absolute Gasteiger partial charge is 2.00 e. The molecule has 0 rings (SSSR count). The number of hydrogen-bond acceptors (Lipinski definition) is 8. The van der Waals surface area contributed by atoms with E-state index in [0.29, 0.717) is 0 Å². The molecule has 0 bridgehead atoms. The third kappa shape index (κ3) is 143. The maximum Gasteiger partial charge on any atom is 2.00 e. The Balaban J connectivity index is -0.0000000376. The number of carboxylic acid groups (broad SMARTS) is 4. The number of rotatable bonds is 4. The molecule has 0 amide bonds. The molecule has 22 heavy (non-hydrogen) atoms. The van der Waals surface area contributed by atoms with Crippen LogP contribution in [0.15, 0.2) is 50.6 Å². The van der Waals surface area contributed by atoms with Crippen LogP contribution in [0.25, 0.3) is 0 Å². The van der Waals surface area contributed by atoms with E-state index in [0.717, 1.165) is 24.3 Å². The zero-order valence-electron chi connectivity index (χ0n) is 11.8. The summed E-state index contributed by atoms with van der Waals surface area (Å²) in [7, 11) is 0. The van der Waals surface area contributed by atoms with Crippen LogP contribution in [-0.2, 0) is 58.1 Å². The second kappa shape index (κ2) is 31.5. The van der Waals surface area contributed by atoms with Gasteiger partial charge in [-0.25, -0.2) is 0 Å². The Labute approximate surface area is 153 Å². The van der Waals surface area contributed by atoms with Crippen molar-refractivity contribution < 1.29 is 78.6 Å². The predicted octanol–water partition coefficient (Wildman–Crippen LogP) is -4.32. The van der Waals surface area contributed by atoms with Crippen molar-refractivity contribution in [2.24, 2.45) is 0 Å². The van der Waals surface area contributed by atoms with E-state index >= 15 is 0 Å². The molecule has 0 unspecified atom stereocenters. The average Bonchev–Trinajstić information content (AvgIpc) is 2.40. The van der Waals surface area contributed by atoms with Crippen LogP contribution in [-0.4, -0.2) is 23.9 Å². The fraction of sp³-hybridized carbons (Fsp3) is 0. The summed E-state index contributed by atoms with van der Waals surface area (Å²) in [6, 6.07) is 0. The maximum atomic E-state index is 9.14. The Bertz CT molecular complexity index is 305. The Hall–Kier alpha value is -1.91. The van der Waals surface area contributed by atoms with Crippen LogP contribution in [0.4, 0.5) is 0 Å². The molecule has 0 heterocycles. The topological polar surface area (TPSA) is 161 Å². The average molecular weight is 415 g/mol. The van der Waals surface area contributed by atoms with E-state index in [1.807, 2.05) is 0 Å². The van der Waals surface area contributed by atoms with E-state index < -0.39 is 23.9 Å². The molecule has 8 nitrogen and oxygen atoms in total. The van der Waals surface area contributed by atoms with Gasteiger partial charge in [-0.05, 0) is 24.3 Å². The minimum absolute atomic E-state index is 0. The standard InChI is InChI=1S/4C3H4O2.2Zn/c4*1-2-3(4)5;;/h4*2H,1H2,(H,4,5);;/q;;;;2*+2/p-4. The van der Waals surface area contributed by atoms with Gasteiger partial charge in [0.2, 0.25) is 0 Å². The maximum absolute atomic E-state index is 9.14. The zero-order valence-corrected chi connectivity index (χ0v) is 17.8. The normalized spacial score (nSPS) is 5.82. The van der Waals surface area contributed by atoms with E-state index in [1.165, 1.54) is 0 Å². The van der Waals surface area contributed by atoms with Gasteiger partial charge in [0.05, 0.1) is 23.9 Å². The van der Waals surface area contributed by atoms with Crippen molar-refractivity contribution in [3.05, 3.63) is 50.6 Å². The van der Waals surface area contributed by atoms with Gasteiger partial charge in [-0.15, -0.1) is 0 Å². The number of aliphatic carboxylic acids is 4. The summed E-state index contributed by atoms with van der Waals surface area (Å²) in [5.41, 5.74) is 0. The van der Waals surface area contributed by atoms with Gasteiger partial charge in [0.1, 0.15) is 0 Å². The summed E-state index contributed by atoms with van der Waals surface area (Å²) in [4.78, 5) is 36.6. The van der Waals surface area contributed by atoms with Crippen LogP contribution >= 0.6 is 0 Å². The van der Waals surface area contributed by atoms with Crippen LogP contribution in [0.5, 0.6) is 0 Å². The summed E-state index contributed by atoms with van der Waals surface area (Å²) in [5, 5.41) is 36.6. The Morgan fingerprint density at radius 2 is 0.545 bits per heavy atom. The van der Waals surface area contributed by atoms with Crippen LogP contribution < -0.4 is 20.4 Å². The van der Waals surface area contributed by atoms with Gasteiger partial charge in [-0.3, -0.25) is 0 Å². The molecule has 0 aliphatic carbocycles. The van der Waals surface area contributed by atoms with E-state index in [2.05, 4.69) is 26.3 Å². The predicted molar refractivity (Wildman–Crippen MR) is 60.8 cm³/mol. The molecule has 0 saturated carbocycles.